The molecule has 0 aliphatic heterocycles. The van der Waals surface area contributed by atoms with Crippen molar-refractivity contribution in [3.05, 3.63) is 35.4 Å². The van der Waals surface area contributed by atoms with Crippen molar-refractivity contribution in [2.45, 2.75) is 27.7 Å². The van der Waals surface area contributed by atoms with Gasteiger partial charge in [0.1, 0.15) is 0 Å². The lowest BCUT2D eigenvalue weighted by Gasteiger charge is -2.01. The van der Waals surface area contributed by atoms with E-state index in [0.717, 1.165) is 12.7 Å². The lowest BCUT2D eigenvalue weighted by atomic mass is 10.1. The van der Waals surface area contributed by atoms with Gasteiger partial charge in [-0.15, -0.1) is 0 Å². The van der Waals surface area contributed by atoms with Crippen molar-refractivity contribution < 1.29 is 5.11 Å². The Morgan fingerprint density at radius 1 is 1.00 bits per heavy atom. The lowest BCUT2D eigenvalue weighted by molar-refractivity contribution is 0.399. The van der Waals surface area contributed by atoms with Gasteiger partial charge < -0.3 is 10.5 Å². The van der Waals surface area contributed by atoms with Crippen LogP contribution in [-0.2, 0) is 0 Å². The number of rotatable bonds is 2. The highest BCUT2D eigenvalue weighted by atomic mass is 16.2. The Balaban J connectivity index is 0. The van der Waals surface area contributed by atoms with Gasteiger partial charge in [0, 0.05) is 12.7 Å². The molecule has 0 aliphatic carbocycles. The first-order valence-corrected chi connectivity index (χ1v) is 5.27. The van der Waals surface area contributed by atoms with Crippen molar-refractivity contribution in [3.8, 4) is 0 Å². The second-order valence-corrected chi connectivity index (χ2v) is 2.87. The molecule has 1 rings (SSSR count). The average Bonchev–Trinajstić information content (AvgIpc) is 2.34. The van der Waals surface area contributed by atoms with Crippen molar-refractivity contribution in [1.29, 1.82) is 10.8 Å². The van der Waals surface area contributed by atoms with E-state index in [0.29, 0.717) is 11.4 Å². The molecule has 0 saturated heterocycles. The molecule has 0 aromatic heterocycles. The van der Waals surface area contributed by atoms with Gasteiger partial charge in [-0.2, -0.15) is 0 Å². The van der Waals surface area contributed by atoms with Gasteiger partial charge in [0.25, 0.3) is 0 Å². The Morgan fingerprint density at radius 3 is 1.69 bits per heavy atom. The summed E-state index contributed by atoms with van der Waals surface area (Å²) in [5, 5.41) is 21.8. The molecule has 0 saturated carbocycles. The Bertz CT molecular complexity index is 315. The maximum absolute atomic E-state index is 7.53. The molecule has 1 aromatic carbocycles. The van der Waals surface area contributed by atoms with E-state index in [4.69, 9.17) is 15.9 Å². The molecule has 3 nitrogen and oxygen atoms in total. The minimum Gasteiger partial charge on any atom is -0.400 e. The van der Waals surface area contributed by atoms with Gasteiger partial charge in [0.05, 0.1) is 11.4 Å². The number of hydrogen-bond acceptors (Lipinski definition) is 3. The van der Waals surface area contributed by atoms with E-state index in [-0.39, 0.29) is 0 Å². The predicted octanol–water partition coefficient (Wildman–Crippen LogP) is 3.04. The summed E-state index contributed by atoms with van der Waals surface area (Å²) in [6.45, 7) is 7.63. The van der Waals surface area contributed by atoms with Crippen molar-refractivity contribution in [2.75, 3.05) is 7.11 Å². The van der Waals surface area contributed by atoms with E-state index in [2.05, 4.69) is 0 Å². The molecule has 0 atom stereocenters. The number of aliphatic hydroxyl groups is 1. The van der Waals surface area contributed by atoms with E-state index in [1.165, 1.54) is 5.56 Å². The molecule has 0 fully saturated rings. The van der Waals surface area contributed by atoms with Crippen LogP contribution in [0.15, 0.2) is 24.3 Å². The van der Waals surface area contributed by atoms with Crippen molar-refractivity contribution in [3.63, 3.8) is 0 Å². The largest absolute Gasteiger partial charge is 0.400 e. The molecule has 16 heavy (non-hydrogen) atoms. The van der Waals surface area contributed by atoms with Crippen molar-refractivity contribution >= 4 is 11.4 Å². The van der Waals surface area contributed by atoms with Crippen molar-refractivity contribution in [1.82, 2.24) is 0 Å². The standard InChI is InChI=1S/C10H12N2.C2H6.CH4O/c1-7-3-5-9(6-4-7)10(12)8(2)11;2*1-2/h3-6,11-12H,1-2H3;1-2H3;2H,1H3. The first-order valence-electron chi connectivity index (χ1n) is 5.27. The predicted molar refractivity (Wildman–Crippen MR) is 70.9 cm³/mol. The monoisotopic (exact) mass is 222 g/mol. The van der Waals surface area contributed by atoms with Gasteiger partial charge in [-0.1, -0.05) is 43.7 Å². The second-order valence-electron chi connectivity index (χ2n) is 2.87. The molecule has 1 aromatic rings. The zero-order chi connectivity index (χ0) is 13.1. The molecule has 0 radical (unpaired) electrons. The van der Waals surface area contributed by atoms with Gasteiger partial charge >= 0.3 is 0 Å². The van der Waals surface area contributed by atoms with Gasteiger partial charge in [0.15, 0.2) is 0 Å². The van der Waals surface area contributed by atoms with Crippen LogP contribution in [0.4, 0.5) is 0 Å². The molecule has 3 N–H and O–H groups in total. The van der Waals surface area contributed by atoms with Crippen LogP contribution in [0.1, 0.15) is 31.9 Å². The van der Waals surface area contributed by atoms with Gasteiger partial charge in [0.2, 0.25) is 0 Å². The average molecular weight is 222 g/mol. The Hall–Kier alpha value is -1.48. The zero-order valence-electron chi connectivity index (χ0n) is 10.8. The Labute approximate surface area is 98.2 Å². The number of nitrogens with one attached hydrogen (secondary N) is 2. The second kappa shape index (κ2) is 10.1. The summed E-state index contributed by atoms with van der Waals surface area (Å²) < 4.78 is 0. The fourth-order valence-electron chi connectivity index (χ4n) is 0.937. The van der Waals surface area contributed by atoms with Crippen molar-refractivity contribution in [2.24, 2.45) is 0 Å². The van der Waals surface area contributed by atoms with E-state index in [1.54, 1.807) is 6.92 Å². The van der Waals surface area contributed by atoms with Crippen LogP contribution in [0, 0.1) is 17.7 Å². The fourth-order valence-corrected chi connectivity index (χ4v) is 0.937. The lowest BCUT2D eigenvalue weighted by Crippen LogP contribution is -2.08. The number of hydrogen-bond donors (Lipinski definition) is 3. The fraction of sp³-hybridized carbons (Fsp3) is 0.385. The number of aliphatic hydroxyl groups excluding tert-OH is 1. The van der Waals surface area contributed by atoms with E-state index >= 15 is 0 Å². The molecule has 0 spiro atoms. The third-order valence-electron chi connectivity index (χ3n) is 1.72. The third kappa shape index (κ3) is 6.09. The third-order valence-corrected chi connectivity index (χ3v) is 1.72. The van der Waals surface area contributed by atoms with Crippen LogP contribution < -0.4 is 0 Å². The maximum atomic E-state index is 7.53. The molecule has 0 amide bonds. The van der Waals surface area contributed by atoms with Crippen LogP contribution in [0.2, 0.25) is 0 Å². The summed E-state index contributed by atoms with van der Waals surface area (Å²) >= 11 is 0. The molecular weight excluding hydrogens is 200 g/mol. The Kier molecular flexibility index (Phi) is 10.6. The molecule has 0 heterocycles. The van der Waals surface area contributed by atoms with E-state index < -0.39 is 0 Å². The van der Waals surface area contributed by atoms with E-state index in [9.17, 15) is 0 Å². The summed E-state index contributed by atoms with van der Waals surface area (Å²) in [7, 11) is 1.00. The smallest absolute Gasteiger partial charge is 0.0816 e. The quantitative estimate of drug-likeness (QED) is 0.661. The minimum atomic E-state index is 0.301. The minimum absolute atomic E-state index is 0.301. The Morgan fingerprint density at radius 2 is 1.38 bits per heavy atom. The summed E-state index contributed by atoms with van der Waals surface area (Å²) in [6, 6.07) is 7.64. The number of aryl methyl sites for hydroxylation is 1. The highest BCUT2D eigenvalue weighted by Crippen LogP contribution is 2.04. The summed E-state index contributed by atoms with van der Waals surface area (Å²) in [6.07, 6.45) is 0. The summed E-state index contributed by atoms with van der Waals surface area (Å²) in [5.74, 6) is 0. The molecular formula is C13H22N2O. The highest BCUT2D eigenvalue weighted by molar-refractivity contribution is 6.45. The topological polar surface area (TPSA) is 67.9 Å². The molecule has 0 aliphatic rings. The highest BCUT2D eigenvalue weighted by Gasteiger charge is 2.01. The SMILES string of the molecule is CC.CC(=N)C(=N)c1ccc(C)cc1.CO. The van der Waals surface area contributed by atoms with Gasteiger partial charge in [-0.3, -0.25) is 5.41 Å². The molecule has 0 bridgehead atoms. The van der Waals surface area contributed by atoms with Crippen LogP contribution in [0.25, 0.3) is 0 Å². The van der Waals surface area contributed by atoms with E-state index in [1.807, 2.05) is 45.0 Å². The van der Waals surface area contributed by atoms with Crippen LogP contribution in [0.3, 0.4) is 0 Å². The van der Waals surface area contributed by atoms with Crippen LogP contribution >= 0.6 is 0 Å². The molecule has 90 valence electrons. The van der Waals surface area contributed by atoms with Crippen LogP contribution in [0.5, 0.6) is 0 Å². The maximum Gasteiger partial charge on any atom is 0.0816 e. The van der Waals surface area contributed by atoms with Gasteiger partial charge in [-0.05, 0) is 13.8 Å². The molecule has 3 heteroatoms. The molecule has 0 unspecified atom stereocenters. The van der Waals surface area contributed by atoms with Gasteiger partial charge in [-0.25, -0.2) is 0 Å². The summed E-state index contributed by atoms with van der Waals surface area (Å²) in [4.78, 5) is 0. The first-order chi connectivity index (χ1) is 7.61. The zero-order valence-corrected chi connectivity index (χ0v) is 10.8. The normalized spacial score (nSPS) is 7.88. The number of benzene rings is 1. The summed E-state index contributed by atoms with van der Waals surface area (Å²) in [5.41, 5.74) is 2.59. The first kappa shape index (κ1) is 16.9. The van der Waals surface area contributed by atoms with Crippen LogP contribution in [-0.4, -0.2) is 23.6 Å².